The van der Waals surface area contributed by atoms with Crippen LogP contribution in [0.5, 0.6) is 0 Å². The minimum Gasteiger partial charge on any atom is -0.336 e. The Hall–Kier alpha value is -1.87. The fraction of sp³-hybridized carbons (Fsp3) is 0.643. The van der Waals surface area contributed by atoms with Crippen molar-refractivity contribution in [3.63, 3.8) is 0 Å². The third-order valence-electron chi connectivity index (χ3n) is 4.10. The third kappa shape index (κ3) is 2.54. The van der Waals surface area contributed by atoms with E-state index in [-0.39, 0.29) is 5.91 Å². The van der Waals surface area contributed by atoms with Gasteiger partial charge in [-0.1, -0.05) is 0 Å². The summed E-state index contributed by atoms with van der Waals surface area (Å²) in [5.74, 6) is 0.0324. The molecule has 2 heterocycles. The van der Waals surface area contributed by atoms with Crippen molar-refractivity contribution in [1.82, 2.24) is 19.6 Å². The van der Waals surface area contributed by atoms with Crippen molar-refractivity contribution in [2.24, 2.45) is 7.05 Å². The molecule has 1 aromatic heterocycles. The van der Waals surface area contributed by atoms with E-state index in [1.165, 1.54) is 0 Å². The van der Waals surface area contributed by atoms with E-state index in [2.05, 4.69) is 16.1 Å². The Morgan fingerprint density at radius 3 is 2.40 bits per heavy atom. The van der Waals surface area contributed by atoms with E-state index in [1.54, 1.807) is 10.9 Å². The smallest absolute Gasteiger partial charge is 0.257 e. The molecule has 0 N–H and O–H groups in total. The fourth-order valence-corrected chi connectivity index (χ4v) is 2.42. The van der Waals surface area contributed by atoms with Gasteiger partial charge in [0.15, 0.2) is 0 Å². The summed E-state index contributed by atoms with van der Waals surface area (Å²) in [6.07, 6.45) is 1.63. The zero-order chi connectivity index (χ0) is 14.9. The number of nitriles is 1. The molecule has 2 rings (SSSR count). The number of carbonyl (C=O) groups is 1. The zero-order valence-electron chi connectivity index (χ0n) is 12.6. The summed E-state index contributed by atoms with van der Waals surface area (Å²) >= 11 is 0. The van der Waals surface area contributed by atoms with Crippen molar-refractivity contribution < 1.29 is 4.79 Å². The van der Waals surface area contributed by atoms with Gasteiger partial charge in [0.25, 0.3) is 5.91 Å². The maximum absolute atomic E-state index is 12.4. The molecule has 6 nitrogen and oxygen atoms in total. The molecule has 0 radical (unpaired) electrons. The van der Waals surface area contributed by atoms with Crippen molar-refractivity contribution >= 4 is 5.91 Å². The number of hydrogen-bond donors (Lipinski definition) is 0. The summed E-state index contributed by atoms with van der Waals surface area (Å²) in [5, 5.41) is 13.3. The van der Waals surface area contributed by atoms with E-state index >= 15 is 0 Å². The first-order valence-electron chi connectivity index (χ1n) is 6.81. The molecular weight excluding hydrogens is 254 g/mol. The summed E-state index contributed by atoms with van der Waals surface area (Å²) < 4.78 is 1.71. The standard InChI is InChI=1S/C14H21N5O/c1-11-12(9-16-17(11)4)13(20)18-5-7-19(8-6-18)14(2,3)10-15/h9H,5-8H2,1-4H3. The number of rotatable bonds is 2. The summed E-state index contributed by atoms with van der Waals surface area (Å²) in [7, 11) is 1.83. The van der Waals surface area contributed by atoms with Crippen LogP contribution in [0.3, 0.4) is 0 Å². The number of piperazine rings is 1. The van der Waals surface area contributed by atoms with Gasteiger partial charge in [-0.15, -0.1) is 0 Å². The highest BCUT2D eigenvalue weighted by Gasteiger charge is 2.31. The first-order chi connectivity index (χ1) is 9.36. The summed E-state index contributed by atoms with van der Waals surface area (Å²) in [6, 6.07) is 2.31. The second-order valence-electron chi connectivity index (χ2n) is 5.72. The lowest BCUT2D eigenvalue weighted by Gasteiger charge is -2.40. The van der Waals surface area contributed by atoms with Crippen molar-refractivity contribution in [1.29, 1.82) is 5.26 Å². The molecular formula is C14H21N5O. The van der Waals surface area contributed by atoms with Crippen LogP contribution in [0.15, 0.2) is 6.20 Å². The molecule has 0 aliphatic carbocycles. The highest BCUT2D eigenvalue weighted by molar-refractivity contribution is 5.95. The van der Waals surface area contributed by atoms with Gasteiger partial charge in [-0.3, -0.25) is 14.4 Å². The zero-order valence-corrected chi connectivity index (χ0v) is 12.6. The van der Waals surface area contributed by atoms with Crippen LogP contribution in [0.1, 0.15) is 29.9 Å². The third-order valence-corrected chi connectivity index (χ3v) is 4.10. The van der Waals surface area contributed by atoms with Crippen LogP contribution in [-0.2, 0) is 7.05 Å². The highest BCUT2D eigenvalue weighted by Crippen LogP contribution is 2.18. The SMILES string of the molecule is Cc1c(C(=O)N2CCN(C(C)(C)C#N)CC2)cnn1C. The van der Waals surface area contributed by atoms with E-state index in [0.717, 1.165) is 18.8 Å². The van der Waals surface area contributed by atoms with Crippen molar-refractivity contribution in [3.8, 4) is 6.07 Å². The Kier molecular flexibility index (Phi) is 3.82. The quantitative estimate of drug-likeness (QED) is 0.800. The van der Waals surface area contributed by atoms with Gasteiger partial charge in [-0.2, -0.15) is 10.4 Å². The van der Waals surface area contributed by atoms with Gasteiger partial charge in [-0.25, -0.2) is 0 Å². The van der Waals surface area contributed by atoms with Gasteiger partial charge in [0.1, 0.15) is 5.54 Å². The molecule has 1 fully saturated rings. The molecule has 1 aromatic rings. The van der Waals surface area contributed by atoms with Crippen LogP contribution >= 0.6 is 0 Å². The topological polar surface area (TPSA) is 65.2 Å². The fourth-order valence-electron chi connectivity index (χ4n) is 2.42. The molecule has 1 aliphatic heterocycles. The molecule has 1 aliphatic rings. The summed E-state index contributed by atoms with van der Waals surface area (Å²) in [4.78, 5) is 16.4. The number of hydrogen-bond acceptors (Lipinski definition) is 4. The molecule has 108 valence electrons. The van der Waals surface area contributed by atoms with Crippen LogP contribution in [-0.4, -0.2) is 57.2 Å². The van der Waals surface area contributed by atoms with Gasteiger partial charge in [0, 0.05) is 38.9 Å². The second-order valence-corrected chi connectivity index (χ2v) is 5.72. The molecule has 1 amide bonds. The van der Waals surface area contributed by atoms with Crippen LogP contribution < -0.4 is 0 Å². The normalized spacial score (nSPS) is 17.1. The predicted molar refractivity (Wildman–Crippen MR) is 75.1 cm³/mol. The summed E-state index contributed by atoms with van der Waals surface area (Å²) in [5.41, 5.74) is 1.08. The minimum atomic E-state index is -0.473. The average molecular weight is 275 g/mol. The van der Waals surface area contributed by atoms with E-state index in [0.29, 0.717) is 18.7 Å². The van der Waals surface area contributed by atoms with Crippen LogP contribution in [0, 0.1) is 18.3 Å². The number of nitrogens with zero attached hydrogens (tertiary/aromatic N) is 5. The monoisotopic (exact) mass is 275 g/mol. The highest BCUT2D eigenvalue weighted by atomic mass is 16.2. The first-order valence-corrected chi connectivity index (χ1v) is 6.81. The molecule has 1 saturated heterocycles. The van der Waals surface area contributed by atoms with Gasteiger partial charge < -0.3 is 4.90 Å². The van der Waals surface area contributed by atoms with Gasteiger partial charge in [0.2, 0.25) is 0 Å². The van der Waals surface area contributed by atoms with E-state index < -0.39 is 5.54 Å². The molecule has 0 aromatic carbocycles. The number of carbonyl (C=O) groups excluding carboxylic acids is 1. The van der Waals surface area contributed by atoms with E-state index in [4.69, 9.17) is 5.26 Å². The van der Waals surface area contributed by atoms with Gasteiger partial charge in [-0.05, 0) is 20.8 Å². The van der Waals surface area contributed by atoms with Gasteiger partial charge >= 0.3 is 0 Å². The maximum Gasteiger partial charge on any atom is 0.257 e. The number of amides is 1. The van der Waals surface area contributed by atoms with Crippen LogP contribution in [0.25, 0.3) is 0 Å². The average Bonchev–Trinajstić information content (AvgIpc) is 2.78. The summed E-state index contributed by atoms with van der Waals surface area (Å²) in [6.45, 7) is 8.48. The first kappa shape index (κ1) is 14.5. The Bertz CT molecular complexity index is 546. The molecule has 0 unspecified atom stereocenters. The molecule has 6 heteroatoms. The van der Waals surface area contributed by atoms with E-state index in [9.17, 15) is 4.79 Å². The largest absolute Gasteiger partial charge is 0.336 e. The van der Waals surface area contributed by atoms with Crippen LogP contribution in [0.4, 0.5) is 0 Å². The van der Waals surface area contributed by atoms with Gasteiger partial charge in [0.05, 0.1) is 17.8 Å². The van der Waals surface area contributed by atoms with E-state index in [1.807, 2.05) is 32.7 Å². The molecule has 0 atom stereocenters. The molecule has 0 spiro atoms. The number of aromatic nitrogens is 2. The van der Waals surface area contributed by atoms with Crippen molar-refractivity contribution in [2.45, 2.75) is 26.3 Å². The second kappa shape index (κ2) is 5.25. The number of aryl methyl sites for hydroxylation is 1. The molecule has 0 saturated carbocycles. The molecule has 0 bridgehead atoms. The lowest BCUT2D eigenvalue weighted by Crippen LogP contribution is -2.55. The Labute approximate surface area is 119 Å². The van der Waals surface area contributed by atoms with Crippen molar-refractivity contribution in [3.05, 3.63) is 17.5 Å². The van der Waals surface area contributed by atoms with Crippen LogP contribution in [0.2, 0.25) is 0 Å². The Morgan fingerprint density at radius 2 is 1.95 bits per heavy atom. The Morgan fingerprint density at radius 1 is 1.35 bits per heavy atom. The minimum absolute atomic E-state index is 0.0324. The molecule has 20 heavy (non-hydrogen) atoms. The Balaban J connectivity index is 2.03. The lowest BCUT2D eigenvalue weighted by molar-refractivity contribution is 0.0520. The van der Waals surface area contributed by atoms with Crippen molar-refractivity contribution in [2.75, 3.05) is 26.2 Å². The lowest BCUT2D eigenvalue weighted by atomic mass is 10.0. The predicted octanol–water partition coefficient (Wildman–Crippen LogP) is 0.788. The maximum atomic E-state index is 12.4.